The van der Waals surface area contributed by atoms with Gasteiger partial charge in [0.15, 0.2) is 12.2 Å². The largest absolute Gasteiger partial charge is 0.472 e. The number of allylic oxidation sites excluding steroid dienone is 19. The fourth-order valence-corrected chi connectivity index (χ4v) is 10.9. The number of carbonyl (C=O) groups is 4. The van der Waals surface area contributed by atoms with E-state index in [0.717, 1.165) is 167 Å². The Labute approximate surface area is 581 Å². The quantitative estimate of drug-likeness (QED) is 0.0169. The fourth-order valence-electron chi connectivity index (χ4n) is 9.34. The minimum Gasteiger partial charge on any atom is -0.462 e. The number of phosphoric ester groups is 2. The highest BCUT2D eigenvalue weighted by Gasteiger charge is 2.30. The first kappa shape index (κ1) is 91.5. The first-order valence-corrected chi connectivity index (χ1v) is 39.8. The third-order valence-electron chi connectivity index (χ3n) is 14.9. The van der Waals surface area contributed by atoms with Crippen LogP contribution in [0.1, 0.15) is 285 Å². The molecule has 19 heteroatoms. The molecular formula is C77H130O17P2. The molecule has 550 valence electrons. The molecule has 5 atom stereocenters. The van der Waals surface area contributed by atoms with Gasteiger partial charge in [-0.05, 0) is 128 Å². The Bertz CT molecular complexity index is 2300. The van der Waals surface area contributed by atoms with Gasteiger partial charge >= 0.3 is 39.5 Å². The van der Waals surface area contributed by atoms with Crippen LogP contribution in [0, 0.1) is 0 Å². The monoisotopic (exact) mass is 1390 g/mol. The second kappa shape index (κ2) is 69.0. The molecule has 0 amide bonds. The molecule has 0 aliphatic carbocycles. The van der Waals surface area contributed by atoms with E-state index in [9.17, 15) is 43.2 Å². The van der Waals surface area contributed by atoms with Crippen molar-refractivity contribution in [2.45, 2.75) is 303 Å². The lowest BCUT2D eigenvalue weighted by Crippen LogP contribution is -2.30. The minimum absolute atomic E-state index is 0.0629. The smallest absolute Gasteiger partial charge is 0.462 e. The van der Waals surface area contributed by atoms with Gasteiger partial charge < -0.3 is 33.8 Å². The van der Waals surface area contributed by atoms with Crippen molar-refractivity contribution in [1.82, 2.24) is 0 Å². The van der Waals surface area contributed by atoms with Gasteiger partial charge in [-0.2, -0.15) is 0 Å². The van der Waals surface area contributed by atoms with E-state index < -0.39 is 97.5 Å². The number of carbonyl (C=O) groups excluding carboxylic acids is 4. The van der Waals surface area contributed by atoms with Gasteiger partial charge in [-0.15, -0.1) is 0 Å². The minimum atomic E-state index is -4.99. The molecule has 96 heavy (non-hydrogen) atoms. The van der Waals surface area contributed by atoms with Crippen LogP contribution in [0.25, 0.3) is 0 Å². The lowest BCUT2D eigenvalue weighted by molar-refractivity contribution is -0.161. The van der Waals surface area contributed by atoms with Crippen molar-refractivity contribution < 1.29 is 80.2 Å². The Hall–Kier alpha value is -4.54. The zero-order valence-electron chi connectivity index (χ0n) is 59.8. The van der Waals surface area contributed by atoms with Crippen molar-refractivity contribution in [3.63, 3.8) is 0 Å². The van der Waals surface area contributed by atoms with E-state index in [1.54, 1.807) is 6.08 Å². The molecule has 3 N–H and O–H groups in total. The molecule has 17 nitrogen and oxygen atoms in total. The molecule has 5 unspecified atom stereocenters. The molecule has 0 heterocycles. The zero-order valence-corrected chi connectivity index (χ0v) is 61.5. The number of rotatable bonds is 68. The molecule has 0 aromatic heterocycles. The van der Waals surface area contributed by atoms with Crippen molar-refractivity contribution in [3.05, 3.63) is 122 Å². The van der Waals surface area contributed by atoms with Crippen LogP contribution in [0.2, 0.25) is 0 Å². The third kappa shape index (κ3) is 68.0. The van der Waals surface area contributed by atoms with Crippen molar-refractivity contribution in [2.75, 3.05) is 39.6 Å². The summed E-state index contributed by atoms with van der Waals surface area (Å²) in [6.45, 7) is 4.43. The topological polar surface area (TPSA) is 237 Å². The number of esters is 4. The summed E-state index contributed by atoms with van der Waals surface area (Å²) in [4.78, 5) is 72.6. The molecule has 0 radical (unpaired) electrons. The molecule has 0 aromatic rings. The highest BCUT2D eigenvalue weighted by Crippen LogP contribution is 2.45. The van der Waals surface area contributed by atoms with Gasteiger partial charge in [0.25, 0.3) is 0 Å². The van der Waals surface area contributed by atoms with Crippen molar-refractivity contribution in [3.8, 4) is 0 Å². The summed E-state index contributed by atoms with van der Waals surface area (Å²) in [7, 11) is -9.97. The SMILES string of the molecule is CC/C=C\C/C=C\C/C=C\C/C=C\C/C=C\CC(=O)OCC(COP(=O)(O)OCC(O)COP(=O)(O)OCC(COC(=O)CCCCCCCCC/C=C\C/C=C\C/C=C\CC)OC(=O)CCCCCCC/C=C\CCCCCC)OC(=O)CCCCCCC/C=C\CCCC. The summed E-state index contributed by atoms with van der Waals surface area (Å²) >= 11 is 0. The Morgan fingerprint density at radius 2 is 0.594 bits per heavy atom. The van der Waals surface area contributed by atoms with E-state index >= 15 is 0 Å². The van der Waals surface area contributed by atoms with Crippen LogP contribution in [-0.2, 0) is 65.4 Å². The van der Waals surface area contributed by atoms with E-state index in [-0.39, 0.29) is 25.7 Å². The normalized spacial score (nSPS) is 14.7. The van der Waals surface area contributed by atoms with Gasteiger partial charge in [-0.25, -0.2) is 9.13 Å². The van der Waals surface area contributed by atoms with Gasteiger partial charge in [-0.3, -0.25) is 37.3 Å². The Morgan fingerprint density at radius 1 is 0.312 bits per heavy atom. The molecule has 0 saturated heterocycles. The molecule has 0 bridgehead atoms. The predicted octanol–water partition coefficient (Wildman–Crippen LogP) is 20.8. The fraction of sp³-hybridized carbons (Fsp3) is 0.688. The van der Waals surface area contributed by atoms with Gasteiger partial charge in [0.2, 0.25) is 0 Å². The average molecular weight is 1390 g/mol. The van der Waals surface area contributed by atoms with Gasteiger partial charge in [0.1, 0.15) is 19.3 Å². The molecule has 0 spiro atoms. The van der Waals surface area contributed by atoms with Crippen LogP contribution in [-0.4, -0.2) is 96.7 Å². The first-order chi connectivity index (χ1) is 46.7. The molecule has 0 aliphatic rings. The average Bonchev–Trinajstić information content (AvgIpc) is 1.10. The van der Waals surface area contributed by atoms with Crippen molar-refractivity contribution >= 4 is 39.5 Å². The lowest BCUT2D eigenvalue weighted by Gasteiger charge is -2.21. The highest BCUT2D eigenvalue weighted by atomic mass is 31.2. The number of unbranched alkanes of at least 4 members (excludes halogenated alkanes) is 23. The van der Waals surface area contributed by atoms with E-state index in [1.807, 2.05) is 18.2 Å². The van der Waals surface area contributed by atoms with Crippen LogP contribution >= 0.6 is 15.6 Å². The Kier molecular flexibility index (Phi) is 65.7. The number of hydrogen-bond acceptors (Lipinski definition) is 15. The van der Waals surface area contributed by atoms with Crippen LogP contribution < -0.4 is 0 Å². The summed E-state index contributed by atoms with van der Waals surface area (Å²) < 4.78 is 68.2. The Morgan fingerprint density at radius 3 is 0.969 bits per heavy atom. The van der Waals surface area contributed by atoms with E-state index in [4.69, 9.17) is 37.0 Å². The molecule has 0 fully saturated rings. The lowest BCUT2D eigenvalue weighted by atomic mass is 10.1. The second-order valence-corrected chi connectivity index (χ2v) is 27.0. The van der Waals surface area contributed by atoms with Gasteiger partial charge in [-0.1, -0.05) is 252 Å². The van der Waals surface area contributed by atoms with Crippen LogP contribution in [0.5, 0.6) is 0 Å². The number of aliphatic hydroxyl groups excluding tert-OH is 1. The highest BCUT2D eigenvalue weighted by molar-refractivity contribution is 7.47. The molecule has 0 aromatic carbocycles. The number of ether oxygens (including phenoxy) is 4. The molecule has 0 aliphatic heterocycles. The molecular weight excluding hydrogens is 1260 g/mol. The van der Waals surface area contributed by atoms with Crippen molar-refractivity contribution in [1.29, 1.82) is 0 Å². The maximum absolute atomic E-state index is 13.1. The summed E-state index contributed by atoms with van der Waals surface area (Å²) in [5, 5.41) is 10.6. The molecule has 0 saturated carbocycles. The first-order valence-electron chi connectivity index (χ1n) is 36.8. The number of phosphoric acid groups is 2. The summed E-state index contributed by atoms with van der Waals surface area (Å²) in [5.74, 6) is -2.35. The second-order valence-electron chi connectivity index (χ2n) is 24.1. The van der Waals surface area contributed by atoms with Crippen molar-refractivity contribution in [2.24, 2.45) is 0 Å². The van der Waals surface area contributed by atoms with E-state index in [2.05, 4.69) is 125 Å². The van der Waals surface area contributed by atoms with Gasteiger partial charge in [0, 0.05) is 19.3 Å². The summed E-state index contributed by atoms with van der Waals surface area (Å²) in [6.07, 6.45) is 73.8. The Balaban J connectivity index is 5.39. The summed E-state index contributed by atoms with van der Waals surface area (Å²) in [6, 6.07) is 0. The van der Waals surface area contributed by atoms with Crippen LogP contribution in [0.15, 0.2) is 122 Å². The zero-order chi connectivity index (χ0) is 70.4. The predicted molar refractivity (Wildman–Crippen MR) is 390 cm³/mol. The third-order valence-corrected chi connectivity index (χ3v) is 16.8. The number of aliphatic hydroxyl groups is 1. The number of hydrogen-bond donors (Lipinski definition) is 3. The van der Waals surface area contributed by atoms with Gasteiger partial charge in [0.05, 0.1) is 32.8 Å². The van der Waals surface area contributed by atoms with Crippen LogP contribution in [0.4, 0.5) is 0 Å². The molecule has 0 rings (SSSR count). The van der Waals surface area contributed by atoms with E-state index in [1.165, 1.54) is 38.5 Å². The summed E-state index contributed by atoms with van der Waals surface area (Å²) in [5.41, 5.74) is 0. The maximum Gasteiger partial charge on any atom is 0.472 e. The standard InChI is InChI=1S/C77H130O17P2/c1-5-9-13-17-21-25-29-32-34-35-37-40-43-46-50-54-58-62-75(80)88-68-73(94-77(82)64-60-56-52-48-44-38-31-27-23-19-15-11-7-3)70-92-96(85,86)90-66-71(78)65-89-95(83,84)91-69-72(93-76(81)63-59-55-51-47-41-28-24-20-16-12-8-4)67-87-74(79)61-57-53-49-45-42-39-36-33-30-26-22-18-14-10-6-2/h9-10,13-14,20-22,24-27,31-34,36,42,45,53,57,71-73,78H,5-8,11-12,15-19,23,28-30,35,37-41,43-44,46-52,54-56,58-70H2,1-4H3,(H,83,84)(H,85,86)/b13-9-,14-10-,24-20-,25-21-,26-22-,31-27-,34-32-,36-33-,45-42-,57-53-. The maximum atomic E-state index is 13.1. The van der Waals surface area contributed by atoms with Crippen LogP contribution in [0.3, 0.4) is 0 Å². The van der Waals surface area contributed by atoms with E-state index in [0.29, 0.717) is 25.7 Å².